The third-order valence-corrected chi connectivity index (χ3v) is 5.51. The van der Waals surface area contributed by atoms with Gasteiger partial charge in [0.1, 0.15) is 35.2 Å². The van der Waals surface area contributed by atoms with Crippen molar-refractivity contribution in [1.29, 1.82) is 5.26 Å². The minimum Gasteiger partial charge on any atom is -0.493 e. The minimum absolute atomic E-state index is 0.0474. The molecule has 0 saturated carbocycles. The molecule has 2 aromatic carbocycles. The zero-order valence-corrected chi connectivity index (χ0v) is 19.0. The van der Waals surface area contributed by atoms with Crippen molar-refractivity contribution in [3.05, 3.63) is 71.2 Å². The average Bonchev–Trinajstić information content (AvgIpc) is 3.22. The van der Waals surface area contributed by atoms with Crippen LogP contribution in [0.2, 0.25) is 0 Å². The maximum Gasteiger partial charge on any atom is 0.339 e. The normalized spacial score (nSPS) is 10.8. The van der Waals surface area contributed by atoms with E-state index in [4.69, 9.17) is 4.74 Å². The van der Waals surface area contributed by atoms with Gasteiger partial charge in [0.15, 0.2) is 11.6 Å². The number of carbonyl (C=O) groups is 1. The molecular weight excluding hydrogens is 456 g/mol. The Morgan fingerprint density at radius 3 is 2.74 bits per heavy atom. The number of halogens is 2. The number of hydrogen-bond acceptors (Lipinski definition) is 6. The van der Waals surface area contributed by atoms with E-state index in [-0.39, 0.29) is 35.6 Å². The predicted molar refractivity (Wildman–Crippen MR) is 125 cm³/mol. The second-order valence-electron chi connectivity index (χ2n) is 7.71. The van der Waals surface area contributed by atoms with E-state index in [2.05, 4.69) is 15.3 Å². The van der Waals surface area contributed by atoms with Gasteiger partial charge in [0.25, 0.3) is 0 Å². The van der Waals surface area contributed by atoms with Crippen molar-refractivity contribution in [3.63, 3.8) is 0 Å². The average molecular weight is 477 g/mol. The van der Waals surface area contributed by atoms with E-state index < -0.39 is 17.6 Å². The van der Waals surface area contributed by atoms with Gasteiger partial charge in [-0.25, -0.2) is 23.5 Å². The fraction of sp³-hybridized carbons (Fsp3) is 0.200. The summed E-state index contributed by atoms with van der Waals surface area (Å²) >= 11 is 0. The fourth-order valence-corrected chi connectivity index (χ4v) is 3.90. The number of ether oxygens (including phenoxy) is 1. The Morgan fingerprint density at radius 2 is 2.03 bits per heavy atom. The summed E-state index contributed by atoms with van der Waals surface area (Å²) in [5.74, 6) is -2.35. The van der Waals surface area contributed by atoms with Crippen LogP contribution >= 0.6 is 0 Å². The number of carboxylic acid groups (broad SMARTS) is 1. The van der Waals surface area contributed by atoms with Gasteiger partial charge < -0.3 is 19.7 Å². The summed E-state index contributed by atoms with van der Waals surface area (Å²) in [7, 11) is 0. The lowest BCUT2D eigenvalue weighted by Crippen LogP contribution is -2.13. The van der Waals surface area contributed by atoms with Crippen LogP contribution in [-0.2, 0) is 6.54 Å². The van der Waals surface area contributed by atoms with E-state index in [1.54, 1.807) is 38.1 Å². The molecule has 0 bridgehead atoms. The topological polar surface area (TPSA) is 113 Å². The number of anilines is 1. The Hall–Kier alpha value is -4.52. The van der Waals surface area contributed by atoms with Gasteiger partial charge in [-0.3, -0.25) is 0 Å². The molecule has 178 valence electrons. The lowest BCUT2D eigenvalue weighted by atomic mass is 10.1. The highest BCUT2D eigenvalue weighted by Crippen LogP contribution is 2.29. The summed E-state index contributed by atoms with van der Waals surface area (Å²) in [4.78, 5) is 19.9. The Labute approximate surface area is 199 Å². The zero-order valence-electron chi connectivity index (χ0n) is 19.0. The molecule has 4 aromatic rings. The second kappa shape index (κ2) is 9.77. The highest BCUT2D eigenvalue weighted by atomic mass is 19.2. The van der Waals surface area contributed by atoms with Gasteiger partial charge in [-0.15, -0.1) is 0 Å². The molecule has 0 aliphatic heterocycles. The smallest absolute Gasteiger partial charge is 0.339 e. The van der Waals surface area contributed by atoms with E-state index in [0.29, 0.717) is 34.6 Å². The van der Waals surface area contributed by atoms with Crippen LogP contribution in [0.4, 0.5) is 14.6 Å². The molecule has 8 nitrogen and oxygen atoms in total. The minimum atomic E-state index is -1.09. The number of nitrogens with zero attached hydrogens (tertiary/aromatic N) is 4. The van der Waals surface area contributed by atoms with Crippen LogP contribution < -0.4 is 10.1 Å². The first-order valence-electron chi connectivity index (χ1n) is 10.8. The molecule has 0 radical (unpaired) electrons. The quantitative estimate of drug-likeness (QED) is 0.376. The molecule has 0 aliphatic carbocycles. The van der Waals surface area contributed by atoms with Crippen molar-refractivity contribution in [3.8, 4) is 23.1 Å². The number of fused-ring (bicyclic) bond motifs is 1. The first-order chi connectivity index (χ1) is 16.8. The summed E-state index contributed by atoms with van der Waals surface area (Å²) in [6.07, 6.45) is 1.35. The van der Waals surface area contributed by atoms with Gasteiger partial charge in [0.05, 0.1) is 17.8 Å². The highest BCUT2D eigenvalue weighted by Gasteiger charge is 2.18. The van der Waals surface area contributed by atoms with Crippen molar-refractivity contribution in [2.24, 2.45) is 0 Å². The van der Waals surface area contributed by atoms with E-state index in [9.17, 15) is 23.9 Å². The number of benzene rings is 2. The molecule has 0 fully saturated rings. The lowest BCUT2D eigenvalue weighted by Gasteiger charge is -2.12. The van der Waals surface area contributed by atoms with Gasteiger partial charge in [-0.2, -0.15) is 5.26 Å². The number of carboxylic acids is 1. The molecule has 0 spiro atoms. The van der Waals surface area contributed by atoms with Crippen LogP contribution in [0.25, 0.3) is 22.2 Å². The molecule has 2 aromatic heterocycles. The van der Waals surface area contributed by atoms with Gasteiger partial charge >= 0.3 is 5.97 Å². The molecule has 0 unspecified atom stereocenters. The molecule has 0 amide bonds. The maximum absolute atomic E-state index is 14.6. The standard InChI is InChI=1S/C25H21F2N5O3/c1-3-35-21-9-15(4-5-17(21)25(33)34)20-11-22(31-13-30-20)29-6-7-32-16(12-28)10-18-14(2)8-19(26)23(27)24(18)32/h4-5,8-11,13H,3,6-7H2,1-2H3,(H,33,34)(H,29,30,31). The molecule has 4 rings (SSSR count). The largest absolute Gasteiger partial charge is 0.493 e. The Kier molecular flexibility index (Phi) is 6.59. The monoisotopic (exact) mass is 477 g/mol. The SMILES string of the molecule is CCOc1cc(-c2cc(NCCn3c(C#N)cc4c(C)cc(F)c(F)c43)ncn2)ccc1C(=O)O. The summed E-state index contributed by atoms with van der Waals surface area (Å²) in [6, 6.07) is 11.1. The maximum atomic E-state index is 14.6. The van der Waals surface area contributed by atoms with E-state index >= 15 is 0 Å². The molecule has 0 aliphatic rings. The van der Waals surface area contributed by atoms with Crippen LogP contribution in [0, 0.1) is 29.9 Å². The van der Waals surface area contributed by atoms with Crippen molar-refractivity contribution >= 4 is 22.7 Å². The molecule has 0 saturated heterocycles. The number of aryl methyl sites for hydroxylation is 1. The molecule has 2 heterocycles. The fourth-order valence-electron chi connectivity index (χ4n) is 3.90. The third-order valence-electron chi connectivity index (χ3n) is 5.51. The van der Waals surface area contributed by atoms with Gasteiger partial charge in [-0.1, -0.05) is 6.07 Å². The second-order valence-corrected chi connectivity index (χ2v) is 7.71. The van der Waals surface area contributed by atoms with Crippen molar-refractivity contribution in [2.75, 3.05) is 18.5 Å². The molecule has 35 heavy (non-hydrogen) atoms. The number of hydrogen-bond donors (Lipinski definition) is 2. The Balaban J connectivity index is 1.57. The number of nitrogens with one attached hydrogen (secondary N) is 1. The molecule has 2 N–H and O–H groups in total. The van der Waals surface area contributed by atoms with E-state index in [1.807, 2.05) is 6.07 Å². The first-order valence-corrected chi connectivity index (χ1v) is 10.8. The summed E-state index contributed by atoms with van der Waals surface area (Å²) in [5, 5.41) is 22.4. The number of aromatic nitrogens is 3. The zero-order chi connectivity index (χ0) is 25.1. The summed E-state index contributed by atoms with van der Waals surface area (Å²) in [6.45, 7) is 4.19. The molecule has 0 atom stereocenters. The van der Waals surface area contributed by atoms with Crippen molar-refractivity contribution in [1.82, 2.24) is 14.5 Å². The van der Waals surface area contributed by atoms with Crippen LogP contribution in [0.15, 0.2) is 42.7 Å². The number of rotatable bonds is 8. The Morgan fingerprint density at radius 1 is 1.23 bits per heavy atom. The van der Waals surface area contributed by atoms with Crippen LogP contribution in [0.1, 0.15) is 28.5 Å². The lowest BCUT2D eigenvalue weighted by molar-refractivity contribution is 0.0692. The summed E-state index contributed by atoms with van der Waals surface area (Å²) in [5.41, 5.74) is 2.04. The molecular formula is C25H21F2N5O3. The third kappa shape index (κ3) is 4.61. The summed E-state index contributed by atoms with van der Waals surface area (Å²) < 4.78 is 35.4. The highest BCUT2D eigenvalue weighted by molar-refractivity contribution is 5.92. The van der Waals surface area contributed by atoms with Crippen molar-refractivity contribution in [2.45, 2.75) is 20.4 Å². The van der Waals surface area contributed by atoms with Crippen LogP contribution in [0.5, 0.6) is 5.75 Å². The van der Waals surface area contributed by atoms with Gasteiger partial charge in [0.2, 0.25) is 0 Å². The molecule has 10 heteroatoms. The van der Waals surface area contributed by atoms with Gasteiger partial charge in [0, 0.05) is 30.1 Å². The number of aromatic carboxylic acids is 1. The Bertz CT molecular complexity index is 1480. The number of nitriles is 1. The van der Waals surface area contributed by atoms with Crippen LogP contribution in [0.3, 0.4) is 0 Å². The van der Waals surface area contributed by atoms with E-state index in [0.717, 1.165) is 6.07 Å². The first kappa shape index (κ1) is 23.6. The van der Waals surface area contributed by atoms with Crippen LogP contribution in [-0.4, -0.2) is 38.8 Å². The predicted octanol–water partition coefficient (Wildman–Crippen LogP) is 4.77. The van der Waals surface area contributed by atoms with Gasteiger partial charge in [-0.05, 0) is 43.7 Å². The van der Waals surface area contributed by atoms with E-state index in [1.165, 1.54) is 17.0 Å². The van der Waals surface area contributed by atoms with Crippen molar-refractivity contribution < 1.29 is 23.4 Å².